The van der Waals surface area contributed by atoms with Gasteiger partial charge in [0.05, 0.1) is 23.6 Å². The highest BCUT2D eigenvalue weighted by molar-refractivity contribution is 7.91. The average molecular weight is 483 g/mol. The summed E-state index contributed by atoms with van der Waals surface area (Å²) in [5, 5.41) is 13.5. The van der Waals surface area contributed by atoms with E-state index >= 15 is 0 Å². The van der Waals surface area contributed by atoms with Crippen molar-refractivity contribution in [3.05, 3.63) is 82.3 Å². The fourth-order valence-corrected chi connectivity index (χ4v) is 5.54. The number of aromatic hydroxyl groups is 1. The van der Waals surface area contributed by atoms with E-state index in [4.69, 9.17) is 4.42 Å². The Kier molecular flexibility index (Phi) is 6.70. The van der Waals surface area contributed by atoms with Gasteiger partial charge in [-0.25, -0.2) is 8.42 Å². The lowest BCUT2D eigenvalue weighted by atomic mass is 9.97. The number of amides is 1. The first-order valence-corrected chi connectivity index (χ1v) is 13.1. The molecule has 2 aromatic carbocycles. The summed E-state index contributed by atoms with van der Waals surface area (Å²) in [6.45, 7) is 6.55. The molecule has 2 heterocycles. The first kappa shape index (κ1) is 23.9. The molecule has 0 bridgehead atoms. The second-order valence-corrected chi connectivity index (χ2v) is 11.3. The van der Waals surface area contributed by atoms with E-state index in [0.29, 0.717) is 24.5 Å². The van der Waals surface area contributed by atoms with Gasteiger partial charge in [-0.2, -0.15) is 0 Å². The van der Waals surface area contributed by atoms with Crippen LogP contribution in [0.3, 0.4) is 0 Å². The van der Waals surface area contributed by atoms with Crippen molar-refractivity contribution in [1.82, 2.24) is 5.32 Å². The van der Waals surface area contributed by atoms with Crippen molar-refractivity contribution in [3.63, 3.8) is 0 Å². The molecule has 1 unspecified atom stereocenters. The molecule has 2 N–H and O–H groups in total. The van der Waals surface area contributed by atoms with E-state index < -0.39 is 15.9 Å². The predicted octanol–water partition coefficient (Wildman–Crippen LogP) is 3.59. The number of carbonyl (C=O) groups excluding carboxylic acids is 1. The van der Waals surface area contributed by atoms with Crippen LogP contribution in [0.15, 0.2) is 52.9 Å². The van der Waals surface area contributed by atoms with Crippen molar-refractivity contribution >= 4 is 21.4 Å². The zero-order valence-electron chi connectivity index (χ0n) is 19.7. The molecule has 34 heavy (non-hydrogen) atoms. The highest BCUT2D eigenvalue weighted by atomic mass is 32.2. The Labute approximate surface area is 200 Å². The fraction of sp³-hybridized carbons (Fsp3) is 0.346. The average Bonchev–Trinajstić information content (AvgIpc) is 3.20. The number of nitrogens with one attached hydrogen (secondary N) is 1. The highest BCUT2D eigenvalue weighted by Gasteiger charge is 2.25. The summed E-state index contributed by atoms with van der Waals surface area (Å²) in [6, 6.07) is 14.5. The van der Waals surface area contributed by atoms with E-state index in [1.54, 1.807) is 18.2 Å². The van der Waals surface area contributed by atoms with Gasteiger partial charge in [0.15, 0.2) is 9.84 Å². The SMILES string of the molecule is Cc1ccc(C(NC(=O)Cc2ccc(O)c(N3CCS(=O)(=O)CC3)c2)c2ccc(C)o2)c(C)c1. The fourth-order valence-electron chi connectivity index (χ4n) is 4.34. The van der Waals surface area contributed by atoms with Crippen molar-refractivity contribution in [2.24, 2.45) is 0 Å². The molecule has 0 aliphatic carbocycles. The van der Waals surface area contributed by atoms with E-state index in [1.165, 1.54) is 0 Å². The summed E-state index contributed by atoms with van der Waals surface area (Å²) in [5.41, 5.74) is 4.45. The number of benzene rings is 2. The molecule has 1 aliphatic rings. The Morgan fingerprint density at radius 3 is 2.44 bits per heavy atom. The lowest BCUT2D eigenvalue weighted by Crippen LogP contribution is -2.40. The number of phenols is 1. The summed E-state index contributed by atoms with van der Waals surface area (Å²) in [4.78, 5) is 15.0. The third-order valence-electron chi connectivity index (χ3n) is 6.18. The maximum absolute atomic E-state index is 13.1. The smallest absolute Gasteiger partial charge is 0.225 e. The van der Waals surface area contributed by atoms with Gasteiger partial charge in [-0.05, 0) is 61.7 Å². The molecule has 1 aliphatic heterocycles. The van der Waals surface area contributed by atoms with Crippen LogP contribution in [0.1, 0.15) is 39.8 Å². The Balaban J connectivity index is 1.54. The molecule has 0 saturated carbocycles. The summed E-state index contributed by atoms with van der Waals surface area (Å²) in [5.74, 6) is 1.43. The maximum Gasteiger partial charge on any atom is 0.225 e. The lowest BCUT2D eigenvalue weighted by Gasteiger charge is -2.29. The van der Waals surface area contributed by atoms with Gasteiger partial charge in [-0.15, -0.1) is 0 Å². The number of aryl methyl sites for hydroxylation is 3. The Morgan fingerprint density at radius 2 is 1.79 bits per heavy atom. The van der Waals surface area contributed by atoms with Crippen LogP contribution in [0.2, 0.25) is 0 Å². The first-order chi connectivity index (χ1) is 16.1. The Hall–Kier alpha value is -3.26. The van der Waals surface area contributed by atoms with Crippen LogP contribution >= 0.6 is 0 Å². The summed E-state index contributed by atoms with van der Waals surface area (Å²) in [7, 11) is -3.03. The maximum atomic E-state index is 13.1. The molecule has 4 rings (SSSR count). The zero-order valence-corrected chi connectivity index (χ0v) is 20.5. The largest absolute Gasteiger partial charge is 0.506 e. The van der Waals surface area contributed by atoms with Gasteiger partial charge >= 0.3 is 0 Å². The monoisotopic (exact) mass is 482 g/mol. The van der Waals surface area contributed by atoms with E-state index in [2.05, 4.69) is 11.4 Å². The van der Waals surface area contributed by atoms with E-state index in [9.17, 15) is 18.3 Å². The molecule has 7 nitrogen and oxygen atoms in total. The van der Waals surface area contributed by atoms with Gasteiger partial charge in [0.2, 0.25) is 5.91 Å². The van der Waals surface area contributed by atoms with E-state index in [0.717, 1.165) is 28.0 Å². The molecule has 1 fully saturated rings. The summed E-state index contributed by atoms with van der Waals surface area (Å²) in [6.07, 6.45) is 0.112. The number of carbonyl (C=O) groups is 1. The molecule has 1 amide bonds. The second kappa shape index (κ2) is 9.54. The number of phenolic OH excluding ortho intramolecular Hbond substituents is 1. The van der Waals surface area contributed by atoms with Crippen molar-refractivity contribution in [1.29, 1.82) is 0 Å². The van der Waals surface area contributed by atoms with Crippen LogP contribution < -0.4 is 10.2 Å². The van der Waals surface area contributed by atoms with E-state index in [1.807, 2.05) is 49.9 Å². The quantitative estimate of drug-likeness (QED) is 0.557. The zero-order chi connectivity index (χ0) is 24.5. The molecule has 1 saturated heterocycles. The lowest BCUT2D eigenvalue weighted by molar-refractivity contribution is -0.121. The Bertz CT molecular complexity index is 1300. The van der Waals surface area contributed by atoms with Crippen molar-refractivity contribution in [2.45, 2.75) is 33.2 Å². The number of anilines is 1. The highest BCUT2D eigenvalue weighted by Crippen LogP contribution is 2.31. The topological polar surface area (TPSA) is 99.9 Å². The minimum Gasteiger partial charge on any atom is -0.506 e. The van der Waals surface area contributed by atoms with Gasteiger partial charge in [-0.1, -0.05) is 29.8 Å². The molecule has 0 spiro atoms. The predicted molar refractivity (Wildman–Crippen MR) is 132 cm³/mol. The normalized spacial score (nSPS) is 16.3. The van der Waals surface area contributed by atoms with Crippen LogP contribution in [-0.2, 0) is 21.1 Å². The number of nitrogens with zero attached hydrogens (tertiary/aromatic N) is 1. The third-order valence-corrected chi connectivity index (χ3v) is 7.79. The first-order valence-electron chi connectivity index (χ1n) is 11.3. The van der Waals surface area contributed by atoms with Crippen LogP contribution in [0.5, 0.6) is 5.75 Å². The van der Waals surface area contributed by atoms with Gasteiger partial charge in [0.1, 0.15) is 23.3 Å². The van der Waals surface area contributed by atoms with Gasteiger partial charge in [-0.3, -0.25) is 4.79 Å². The van der Waals surface area contributed by atoms with Crippen molar-refractivity contribution in [3.8, 4) is 5.75 Å². The number of hydrogen-bond acceptors (Lipinski definition) is 6. The Morgan fingerprint density at radius 1 is 1.06 bits per heavy atom. The van der Waals surface area contributed by atoms with E-state index in [-0.39, 0.29) is 29.6 Å². The minimum atomic E-state index is -3.03. The van der Waals surface area contributed by atoms with Crippen molar-refractivity contribution < 1.29 is 22.7 Å². The van der Waals surface area contributed by atoms with Gasteiger partial charge in [0.25, 0.3) is 0 Å². The molecule has 180 valence electrons. The molecule has 1 atom stereocenters. The van der Waals surface area contributed by atoms with Crippen molar-refractivity contribution in [2.75, 3.05) is 29.5 Å². The third kappa shape index (κ3) is 5.44. The molecular formula is C26H30N2O5S. The number of hydrogen-bond donors (Lipinski definition) is 2. The van der Waals surface area contributed by atoms with Crippen LogP contribution in [0.4, 0.5) is 5.69 Å². The number of rotatable bonds is 6. The number of furan rings is 1. The summed E-state index contributed by atoms with van der Waals surface area (Å²) >= 11 is 0. The second-order valence-electron chi connectivity index (χ2n) is 8.95. The molecule has 1 aromatic heterocycles. The molecule has 3 aromatic rings. The standard InChI is InChI=1S/C26H30N2O5S/c1-17-4-7-21(18(2)14-17)26(24-9-5-19(3)33-24)27-25(30)16-20-6-8-23(29)22(15-20)28-10-12-34(31,32)13-11-28/h4-9,14-15,26,29H,10-13,16H2,1-3H3,(H,27,30). The minimum absolute atomic E-state index is 0.0529. The van der Waals surface area contributed by atoms with Gasteiger partial charge in [0, 0.05) is 13.1 Å². The summed E-state index contributed by atoms with van der Waals surface area (Å²) < 4.78 is 29.4. The number of sulfone groups is 1. The van der Waals surface area contributed by atoms with Gasteiger partial charge < -0.3 is 19.7 Å². The molecular weight excluding hydrogens is 452 g/mol. The van der Waals surface area contributed by atoms with Crippen LogP contribution in [0.25, 0.3) is 0 Å². The molecule has 8 heteroatoms. The van der Waals surface area contributed by atoms with Crippen LogP contribution in [0, 0.1) is 20.8 Å². The van der Waals surface area contributed by atoms with Crippen LogP contribution in [-0.4, -0.2) is 44.0 Å². The molecule has 0 radical (unpaired) electrons.